The van der Waals surface area contributed by atoms with Gasteiger partial charge in [0.1, 0.15) is 0 Å². The summed E-state index contributed by atoms with van der Waals surface area (Å²) in [7, 11) is 4.02. The Morgan fingerprint density at radius 1 is 1.27 bits per heavy atom. The number of nitrogens with zero attached hydrogens (tertiary/aromatic N) is 6. The summed E-state index contributed by atoms with van der Waals surface area (Å²) in [6.07, 6.45) is 3.51. The lowest BCUT2D eigenvalue weighted by Crippen LogP contribution is -2.08. The minimum absolute atomic E-state index is 0.451. The molecule has 7 nitrogen and oxygen atoms in total. The zero-order chi connectivity index (χ0) is 18.5. The third-order valence-electron chi connectivity index (χ3n) is 3.55. The molecule has 3 aromatic rings. The van der Waals surface area contributed by atoms with Gasteiger partial charge in [-0.2, -0.15) is 14.9 Å². The zero-order valence-corrected chi connectivity index (χ0v) is 16.4. The standard InChI is InChI=1S/C17H19N7S2/c1-12-8-9-18-16(20-12)26-11-15-21-22-17(25)24(15)19-10-13-4-6-14(7-5-13)23(2)3/h4-10H,11H2,1-3H3,(H,22,25)/b19-10+. The average Bonchev–Trinajstić information content (AvgIpc) is 2.98. The van der Waals surface area contributed by atoms with E-state index in [1.54, 1.807) is 17.1 Å². The van der Waals surface area contributed by atoms with Crippen molar-refractivity contribution in [2.45, 2.75) is 17.8 Å². The summed E-state index contributed by atoms with van der Waals surface area (Å²) in [5.41, 5.74) is 3.05. The van der Waals surface area contributed by atoms with Crippen molar-refractivity contribution in [1.82, 2.24) is 24.8 Å². The molecule has 0 saturated carbocycles. The first-order chi connectivity index (χ1) is 12.5. The van der Waals surface area contributed by atoms with Crippen LogP contribution in [-0.2, 0) is 5.75 Å². The molecule has 3 rings (SSSR count). The zero-order valence-electron chi connectivity index (χ0n) is 14.7. The second-order valence-electron chi connectivity index (χ2n) is 5.76. The second-order valence-corrected chi connectivity index (χ2v) is 7.09. The molecule has 0 amide bonds. The minimum Gasteiger partial charge on any atom is -0.378 e. The molecule has 0 aliphatic heterocycles. The van der Waals surface area contributed by atoms with E-state index in [2.05, 4.69) is 30.2 Å². The number of hydrogen-bond acceptors (Lipinski definition) is 7. The maximum atomic E-state index is 5.28. The number of H-pyrrole nitrogens is 1. The van der Waals surface area contributed by atoms with Gasteiger partial charge in [-0.25, -0.2) is 9.97 Å². The highest BCUT2D eigenvalue weighted by Gasteiger charge is 2.07. The first-order valence-corrected chi connectivity index (χ1v) is 9.33. The van der Waals surface area contributed by atoms with Crippen molar-refractivity contribution in [3.63, 3.8) is 0 Å². The van der Waals surface area contributed by atoms with Crippen LogP contribution in [0.25, 0.3) is 0 Å². The summed E-state index contributed by atoms with van der Waals surface area (Å²) in [5.74, 6) is 1.28. The summed E-state index contributed by atoms with van der Waals surface area (Å²) in [6, 6.07) is 9.98. The third-order valence-corrected chi connectivity index (χ3v) is 4.67. The number of nitrogens with one attached hydrogen (secondary N) is 1. The van der Waals surface area contributed by atoms with Gasteiger partial charge in [0.15, 0.2) is 11.0 Å². The van der Waals surface area contributed by atoms with Gasteiger partial charge in [-0.15, -0.1) is 0 Å². The highest BCUT2D eigenvalue weighted by molar-refractivity contribution is 7.98. The first-order valence-electron chi connectivity index (χ1n) is 7.93. The minimum atomic E-state index is 0.451. The maximum absolute atomic E-state index is 5.28. The van der Waals surface area contributed by atoms with E-state index in [-0.39, 0.29) is 0 Å². The van der Waals surface area contributed by atoms with E-state index in [0.717, 1.165) is 16.9 Å². The Balaban J connectivity index is 1.74. The third kappa shape index (κ3) is 4.55. The van der Waals surface area contributed by atoms with Crippen LogP contribution in [0.15, 0.2) is 46.8 Å². The van der Waals surface area contributed by atoms with Gasteiger partial charge in [-0.3, -0.25) is 5.10 Å². The first kappa shape index (κ1) is 18.3. The molecule has 0 saturated heterocycles. The van der Waals surface area contributed by atoms with E-state index in [1.807, 2.05) is 51.4 Å². The Morgan fingerprint density at radius 3 is 2.73 bits per heavy atom. The molecule has 0 unspecified atom stereocenters. The molecule has 2 aromatic heterocycles. The number of thioether (sulfide) groups is 1. The van der Waals surface area contributed by atoms with E-state index < -0.39 is 0 Å². The van der Waals surface area contributed by atoms with Crippen LogP contribution >= 0.6 is 24.0 Å². The monoisotopic (exact) mass is 385 g/mol. The predicted octanol–water partition coefficient (Wildman–Crippen LogP) is 3.28. The predicted molar refractivity (Wildman–Crippen MR) is 108 cm³/mol. The van der Waals surface area contributed by atoms with Gasteiger partial charge in [0.05, 0.1) is 12.0 Å². The van der Waals surface area contributed by atoms with Crippen molar-refractivity contribution < 1.29 is 0 Å². The molecule has 0 aliphatic rings. The SMILES string of the molecule is Cc1ccnc(SCc2n[nH]c(=S)n2/N=C/c2ccc(N(C)C)cc2)n1. The Morgan fingerprint density at radius 2 is 2.04 bits per heavy atom. The molecular formula is C17H19N7S2. The quantitative estimate of drug-likeness (QED) is 0.304. The van der Waals surface area contributed by atoms with E-state index >= 15 is 0 Å². The molecule has 9 heteroatoms. The van der Waals surface area contributed by atoms with E-state index in [1.165, 1.54) is 11.8 Å². The number of aromatic amines is 1. The van der Waals surface area contributed by atoms with Crippen LogP contribution in [0, 0.1) is 11.7 Å². The largest absolute Gasteiger partial charge is 0.378 e. The Kier molecular flexibility index (Phi) is 5.79. The maximum Gasteiger partial charge on any atom is 0.216 e. The fourth-order valence-electron chi connectivity index (χ4n) is 2.14. The van der Waals surface area contributed by atoms with Crippen molar-refractivity contribution >= 4 is 35.9 Å². The summed E-state index contributed by atoms with van der Waals surface area (Å²) in [4.78, 5) is 10.7. The van der Waals surface area contributed by atoms with E-state index in [4.69, 9.17) is 12.2 Å². The molecule has 0 spiro atoms. The van der Waals surface area contributed by atoms with Gasteiger partial charge in [0, 0.05) is 31.7 Å². The van der Waals surface area contributed by atoms with Gasteiger partial charge in [0.2, 0.25) is 4.77 Å². The number of benzene rings is 1. The van der Waals surface area contributed by atoms with Gasteiger partial charge >= 0.3 is 0 Å². The lowest BCUT2D eigenvalue weighted by molar-refractivity contribution is 0.812. The highest BCUT2D eigenvalue weighted by Crippen LogP contribution is 2.18. The molecule has 1 aromatic carbocycles. The van der Waals surface area contributed by atoms with E-state index in [9.17, 15) is 0 Å². The molecule has 1 N–H and O–H groups in total. The lowest BCUT2D eigenvalue weighted by Gasteiger charge is -2.11. The Labute approximate surface area is 161 Å². The molecule has 0 aliphatic carbocycles. The van der Waals surface area contributed by atoms with Gasteiger partial charge in [0.25, 0.3) is 0 Å². The summed E-state index contributed by atoms with van der Waals surface area (Å²) in [6.45, 7) is 1.94. The van der Waals surface area contributed by atoms with Crippen molar-refractivity contribution in [1.29, 1.82) is 0 Å². The summed E-state index contributed by atoms with van der Waals surface area (Å²) >= 11 is 6.77. The number of rotatable bonds is 6. The number of aryl methyl sites for hydroxylation is 1. The van der Waals surface area contributed by atoms with Gasteiger partial charge < -0.3 is 4.90 Å². The molecule has 2 heterocycles. The van der Waals surface area contributed by atoms with Gasteiger partial charge in [-0.05, 0) is 42.9 Å². The average molecular weight is 386 g/mol. The Bertz CT molecular complexity index is 958. The van der Waals surface area contributed by atoms with Crippen LogP contribution < -0.4 is 4.90 Å². The molecule has 0 atom stereocenters. The van der Waals surface area contributed by atoms with Crippen LogP contribution in [0.2, 0.25) is 0 Å². The fourth-order valence-corrected chi connectivity index (χ4v) is 3.13. The molecule has 134 valence electrons. The summed E-state index contributed by atoms with van der Waals surface area (Å²) < 4.78 is 2.07. The van der Waals surface area contributed by atoms with Crippen LogP contribution in [0.5, 0.6) is 0 Å². The van der Waals surface area contributed by atoms with Crippen LogP contribution in [0.4, 0.5) is 5.69 Å². The fraction of sp³-hybridized carbons (Fsp3) is 0.235. The number of hydrogen-bond donors (Lipinski definition) is 1. The second kappa shape index (κ2) is 8.24. The van der Waals surface area contributed by atoms with Crippen LogP contribution in [0.3, 0.4) is 0 Å². The van der Waals surface area contributed by atoms with Crippen molar-refractivity contribution in [2.75, 3.05) is 19.0 Å². The smallest absolute Gasteiger partial charge is 0.216 e. The topological polar surface area (TPSA) is 75.0 Å². The van der Waals surface area contributed by atoms with Crippen LogP contribution in [-0.4, -0.2) is 45.2 Å². The molecule has 26 heavy (non-hydrogen) atoms. The van der Waals surface area contributed by atoms with Crippen molar-refractivity contribution in [3.8, 4) is 0 Å². The van der Waals surface area contributed by atoms with E-state index in [0.29, 0.717) is 21.5 Å². The normalized spacial score (nSPS) is 11.2. The summed E-state index contributed by atoms with van der Waals surface area (Å²) in [5, 5.41) is 12.2. The molecule has 0 bridgehead atoms. The highest BCUT2D eigenvalue weighted by atomic mass is 32.2. The van der Waals surface area contributed by atoms with Crippen molar-refractivity contribution in [2.24, 2.45) is 5.10 Å². The number of aromatic nitrogens is 5. The molecular weight excluding hydrogens is 366 g/mol. The number of anilines is 1. The lowest BCUT2D eigenvalue weighted by atomic mass is 10.2. The van der Waals surface area contributed by atoms with Crippen molar-refractivity contribution in [3.05, 3.63) is 58.4 Å². The molecule has 0 fully saturated rings. The molecule has 0 radical (unpaired) electrons. The van der Waals surface area contributed by atoms with Crippen LogP contribution in [0.1, 0.15) is 17.1 Å². The van der Waals surface area contributed by atoms with Gasteiger partial charge in [-0.1, -0.05) is 23.9 Å². The Hall–Kier alpha value is -2.52.